The molecule has 35 heavy (non-hydrogen) atoms. The highest BCUT2D eigenvalue weighted by Crippen LogP contribution is 2.44. The van der Waals surface area contributed by atoms with Crippen LogP contribution in [0.5, 0.6) is 0 Å². The molecule has 2 fully saturated rings. The van der Waals surface area contributed by atoms with Crippen LogP contribution >= 0.6 is 0 Å². The summed E-state index contributed by atoms with van der Waals surface area (Å²) in [7, 11) is 0. The number of hydrogen-bond acceptors (Lipinski definition) is 4. The van der Waals surface area contributed by atoms with Gasteiger partial charge >= 0.3 is 12.1 Å². The number of carboxylic acids is 1. The van der Waals surface area contributed by atoms with Crippen molar-refractivity contribution >= 4 is 18.0 Å². The Labute approximate surface area is 205 Å². The Kier molecular flexibility index (Phi) is 6.50. The number of carbonyl (C=O) groups excluding carboxylic acids is 2. The highest BCUT2D eigenvalue weighted by atomic mass is 16.5. The fourth-order valence-electron chi connectivity index (χ4n) is 5.57. The zero-order chi connectivity index (χ0) is 24.4. The van der Waals surface area contributed by atoms with Crippen molar-refractivity contribution in [3.8, 4) is 11.1 Å². The van der Waals surface area contributed by atoms with E-state index in [-0.39, 0.29) is 12.5 Å². The third-order valence-corrected chi connectivity index (χ3v) is 7.70. The van der Waals surface area contributed by atoms with Crippen molar-refractivity contribution in [2.45, 2.75) is 68.9 Å². The Morgan fingerprint density at radius 3 is 2.11 bits per heavy atom. The lowest BCUT2D eigenvalue weighted by Gasteiger charge is -2.35. The van der Waals surface area contributed by atoms with Crippen molar-refractivity contribution in [2.24, 2.45) is 5.92 Å². The van der Waals surface area contributed by atoms with Crippen LogP contribution in [0.15, 0.2) is 48.5 Å². The summed E-state index contributed by atoms with van der Waals surface area (Å²) in [5, 5.41) is 15.4. The SMILES string of the molecule is O=C(NC(CC1CC1)C(=O)NC1(C(=O)O)CCCCC1)OCC1c2ccccc2-c2ccccc21. The van der Waals surface area contributed by atoms with E-state index in [0.29, 0.717) is 25.2 Å². The van der Waals surface area contributed by atoms with Gasteiger partial charge in [-0.2, -0.15) is 0 Å². The lowest BCUT2D eigenvalue weighted by Crippen LogP contribution is -2.60. The Morgan fingerprint density at radius 2 is 1.54 bits per heavy atom. The Morgan fingerprint density at radius 1 is 0.943 bits per heavy atom. The summed E-state index contributed by atoms with van der Waals surface area (Å²) >= 11 is 0. The minimum Gasteiger partial charge on any atom is -0.480 e. The number of benzene rings is 2. The third kappa shape index (κ3) is 4.90. The van der Waals surface area contributed by atoms with Crippen LogP contribution in [-0.4, -0.2) is 41.3 Å². The molecular weight excluding hydrogens is 444 g/mol. The number of nitrogens with one attached hydrogen (secondary N) is 2. The van der Waals surface area contributed by atoms with E-state index in [1.165, 1.54) is 0 Å². The van der Waals surface area contributed by atoms with E-state index in [1.54, 1.807) is 0 Å². The molecular formula is C28H32N2O5. The van der Waals surface area contributed by atoms with Crippen LogP contribution in [0, 0.1) is 5.92 Å². The smallest absolute Gasteiger partial charge is 0.407 e. The quantitative estimate of drug-likeness (QED) is 0.517. The van der Waals surface area contributed by atoms with Gasteiger partial charge in [-0.3, -0.25) is 4.79 Å². The monoisotopic (exact) mass is 476 g/mol. The van der Waals surface area contributed by atoms with Gasteiger partial charge in [0.2, 0.25) is 5.91 Å². The number of ether oxygens (including phenoxy) is 1. The second kappa shape index (κ2) is 9.72. The molecule has 0 radical (unpaired) electrons. The standard InChI is InChI=1S/C28H32N2O5/c31-25(30-28(26(32)33)14-6-1-7-15-28)24(16-18-12-13-18)29-27(34)35-17-23-21-10-4-2-8-19(21)20-9-3-5-11-22(20)23/h2-5,8-11,18,23-24H,1,6-7,12-17H2,(H,29,34)(H,30,31)(H,32,33). The minimum atomic E-state index is -1.25. The van der Waals surface area contributed by atoms with E-state index in [9.17, 15) is 19.5 Å². The summed E-state index contributed by atoms with van der Waals surface area (Å²) in [6.07, 6.45) is 5.19. The van der Waals surface area contributed by atoms with Crippen LogP contribution < -0.4 is 10.6 Å². The van der Waals surface area contributed by atoms with Gasteiger partial charge in [0, 0.05) is 5.92 Å². The van der Waals surface area contributed by atoms with Crippen LogP contribution in [0.1, 0.15) is 68.4 Å². The summed E-state index contributed by atoms with van der Waals surface area (Å²) in [5.74, 6) is -1.14. The van der Waals surface area contributed by atoms with Crippen molar-refractivity contribution in [2.75, 3.05) is 6.61 Å². The molecule has 0 bridgehead atoms. The Hall–Kier alpha value is -3.35. The van der Waals surface area contributed by atoms with E-state index in [2.05, 4.69) is 34.9 Å². The molecule has 5 rings (SSSR count). The van der Waals surface area contributed by atoms with Gasteiger partial charge in [0.05, 0.1) is 0 Å². The van der Waals surface area contributed by atoms with Crippen LogP contribution in [0.2, 0.25) is 0 Å². The molecule has 3 aliphatic carbocycles. The molecule has 2 saturated carbocycles. The highest BCUT2D eigenvalue weighted by Gasteiger charge is 2.43. The van der Waals surface area contributed by atoms with Gasteiger partial charge in [0.1, 0.15) is 18.2 Å². The van der Waals surface area contributed by atoms with Crippen molar-refractivity contribution in [3.05, 3.63) is 59.7 Å². The van der Waals surface area contributed by atoms with Crippen LogP contribution in [0.25, 0.3) is 11.1 Å². The van der Waals surface area contributed by atoms with Gasteiger partial charge < -0.3 is 20.5 Å². The molecule has 3 aliphatic rings. The summed E-state index contributed by atoms with van der Waals surface area (Å²) in [4.78, 5) is 38.0. The molecule has 1 atom stereocenters. The lowest BCUT2D eigenvalue weighted by molar-refractivity contribution is -0.149. The van der Waals surface area contributed by atoms with E-state index in [0.717, 1.165) is 54.4 Å². The number of rotatable bonds is 8. The zero-order valence-electron chi connectivity index (χ0n) is 19.8. The van der Waals surface area contributed by atoms with E-state index in [1.807, 2.05) is 24.3 Å². The van der Waals surface area contributed by atoms with Crippen molar-refractivity contribution in [1.82, 2.24) is 10.6 Å². The maximum Gasteiger partial charge on any atom is 0.407 e. The minimum absolute atomic E-state index is 0.0682. The molecule has 2 aromatic carbocycles. The second-order valence-corrected chi connectivity index (χ2v) is 10.1. The maximum absolute atomic E-state index is 13.2. The van der Waals surface area contributed by atoms with E-state index in [4.69, 9.17) is 4.74 Å². The molecule has 0 spiro atoms. The number of amides is 2. The molecule has 0 aromatic heterocycles. The number of carboxylic acid groups (broad SMARTS) is 1. The molecule has 0 aliphatic heterocycles. The van der Waals surface area contributed by atoms with Gasteiger partial charge in [-0.05, 0) is 47.4 Å². The molecule has 2 aromatic rings. The van der Waals surface area contributed by atoms with Gasteiger partial charge in [-0.25, -0.2) is 9.59 Å². The van der Waals surface area contributed by atoms with Crippen LogP contribution in [0.4, 0.5) is 4.79 Å². The Balaban J connectivity index is 1.25. The zero-order valence-corrected chi connectivity index (χ0v) is 19.8. The van der Waals surface area contributed by atoms with E-state index >= 15 is 0 Å². The lowest BCUT2D eigenvalue weighted by atomic mass is 9.81. The molecule has 184 valence electrons. The molecule has 3 N–H and O–H groups in total. The van der Waals surface area contributed by atoms with Crippen LogP contribution in [-0.2, 0) is 14.3 Å². The normalized spacial score (nSPS) is 19.2. The first kappa shape index (κ1) is 23.4. The van der Waals surface area contributed by atoms with Crippen LogP contribution in [0.3, 0.4) is 0 Å². The molecule has 7 heteroatoms. The average molecular weight is 477 g/mol. The Bertz CT molecular complexity index is 1070. The number of aliphatic carboxylic acids is 1. The van der Waals surface area contributed by atoms with Gasteiger partial charge in [0.15, 0.2) is 0 Å². The van der Waals surface area contributed by atoms with Crippen molar-refractivity contribution in [3.63, 3.8) is 0 Å². The maximum atomic E-state index is 13.2. The summed E-state index contributed by atoms with van der Waals surface area (Å²) in [5.41, 5.74) is 3.29. The first-order chi connectivity index (χ1) is 17.0. The fourth-order valence-corrected chi connectivity index (χ4v) is 5.57. The summed E-state index contributed by atoms with van der Waals surface area (Å²) in [6.45, 7) is 0.163. The van der Waals surface area contributed by atoms with Crippen molar-refractivity contribution < 1.29 is 24.2 Å². The van der Waals surface area contributed by atoms with Gasteiger partial charge in [0.25, 0.3) is 0 Å². The number of fused-ring (bicyclic) bond motifs is 3. The fraction of sp³-hybridized carbons (Fsp3) is 0.464. The number of carbonyl (C=O) groups is 3. The highest BCUT2D eigenvalue weighted by molar-refractivity contribution is 5.91. The predicted molar refractivity (Wildman–Crippen MR) is 131 cm³/mol. The second-order valence-electron chi connectivity index (χ2n) is 10.1. The van der Waals surface area contributed by atoms with E-state index < -0.39 is 29.6 Å². The first-order valence-electron chi connectivity index (χ1n) is 12.6. The molecule has 2 amide bonds. The first-order valence-corrected chi connectivity index (χ1v) is 12.6. The molecule has 0 heterocycles. The molecule has 0 saturated heterocycles. The summed E-state index contributed by atoms with van der Waals surface area (Å²) < 4.78 is 5.64. The predicted octanol–water partition coefficient (Wildman–Crippen LogP) is 4.60. The molecule has 1 unspecified atom stereocenters. The topological polar surface area (TPSA) is 105 Å². The largest absolute Gasteiger partial charge is 0.480 e. The summed E-state index contributed by atoms with van der Waals surface area (Å²) in [6, 6.07) is 15.4. The molecule has 7 nitrogen and oxygen atoms in total. The average Bonchev–Trinajstić information content (AvgIpc) is 3.63. The van der Waals surface area contributed by atoms with Crippen molar-refractivity contribution in [1.29, 1.82) is 0 Å². The third-order valence-electron chi connectivity index (χ3n) is 7.70. The van der Waals surface area contributed by atoms with Gasteiger partial charge in [-0.1, -0.05) is 80.6 Å². The number of hydrogen-bond donors (Lipinski definition) is 3. The number of alkyl carbamates (subject to hydrolysis) is 1. The van der Waals surface area contributed by atoms with Gasteiger partial charge in [-0.15, -0.1) is 0 Å².